The zero-order chi connectivity index (χ0) is 13.0. The van der Waals surface area contributed by atoms with Crippen molar-refractivity contribution in [2.75, 3.05) is 12.4 Å². The van der Waals surface area contributed by atoms with Gasteiger partial charge in [0.2, 0.25) is 5.91 Å². The molecule has 2 aromatic rings. The van der Waals surface area contributed by atoms with Crippen molar-refractivity contribution in [3.8, 4) is 5.75 Å². The van der Waals surface area contributed by atoms with Crippen molar-refractivity contribution in [3.05, 3.63) is 46.7 Å². The molecule has 0 aliphatic heterocycles. The normalized spacial score (nSPS) is 11.8. The summed E-state index contributed by atoms with van der Waals surface area (Å²) in [5, 5.41) is 5.03. The van der Waals surface area contributed by atoms with Crippen LogP contribution in [0, 0.1) is 0 Å². The number of methoxy groups -OCH3 is 1. The maximum Gasteiger partial charge on any atom is 0.245 e. The van der Waals surface area contributed by atoms with Crippen molar-refractivity contribution in [2.45, 2.75) is 6.04 Å². The Kier molecular flexibility index (Phi) is 3.84. The third-order valence-electron chi connectivity index (χ3n) is 2.49. The number of primary amides is 1. The van der Waals surface area contributed by atoms with Gasteiger partial charge in [-0.3, -0.25) is 4.79 Å². The number of hydrogen-bond donors (Lipinski definition) is 2. The maximum absolute atomic E-state index is 11.5. The Morgan fingerprint density at radius 1 is 1.39 bits per heavy atom. The van der Waals surface area contributed by atoms with E-state index in [1.807, 2.05) is 41.8 Å². The Hall–Kier alpha value is -2.01. The molecule has 5 heteroatoms. The summed E-state index contributed by atoms with van der Waals surface area (Å²) in [6.45, 7) is 0. The van der Waals surface area contributed by atoms with Gasteiger partial charge in [0.15, 0.2) is 0 Å². The van der Waals surface area contributed by atoms with Crippen LogP contribution in [-0.4, -0.2) is 13.0 Å². The van der Waals surface area contributed by atoms with Gasteiger partial charge in [-0.2, -0.15) is 0 Å². The third kappa shape index (κ3) is 2.81. The van der Waals surface area contributed by atoms with Gasteiger partial charge in [0, 0.05) is 16.6 Å². The Bertz CT molecular complexity index is 526. The monoisotopic (exact) mass is 262 g/mol. The van der Waals surface area contributed by atoms with E-state index >= 15 is 0 Å². The SMILES string of the molecule is COc1cccc(NC(C(N)=O)c2cccs2)c1. The lowest BCUT2D eigenvalue weighted by Gasteiger charge is -2.15. The lowest BCUT2D eigenvalue weighted by molar-refractivity contribution is -0.118. The average molecular weight is 262 g/mol. The Morgan fingerprint density at radius 3 is 2.83 bits per heavy atom. The second-order valence-corrected chi connectivity index (χ2v) is 4.71. The minimum atomic E-state index is -0.517. The summed E-state index contributed by atoms with van der Waals surface area (Å²) in [6.07, 6.45) is 0. The van der Waals surface area contributed by atoms with E-state index < -0.39 is 11.9 Å². The van der Waals surface area contributed by atoms with E-state index in [0.717, 1.165) is 16.3 Å². The number of carbonyl (C=O) groups is 1. The highest BCUT2D eigenvalue weighted by Gasteiger charge is 2.18. The predicted molar refractivity (Wildman–Crippen MR) is 72.9 cm³/mol. The third-order valence-corrected chi connectivity index (χ3v) is 3.43. The second kappa shape index (κ2) is 5.55. The summed E-state index contributed by atoms with van der Waals surface area (Å²) in [5.41, 5.74) is 6.22. The van der Waals surface area contributed by atoms with Crippen LogP contribution in [-0.2, 0) is 4.79 Å². The molecule has 1 heterocycles. The van der Waals surface area contributed by atoms with Crippen molar-refractivity contribution in [3.63, 3.8) is 0 Å². The van der Waals surface area contributed by atoms with Gasteiger partial charge in [0.05, 0.1) is 7.11 Å². The number of thiophene rings is 1. The summed E-state index contributed by atoms with van der Waals surface area (Å²) in [4.78, 5) is 12.4. The molecule has 94 valence electrons. The molecule has 0 saturated heterocycles. The summed E-state index contributed by atoms with van der Waals surface area (Å²) < 4.78 is 5.13. The molecule has 0 fully saturated rings. The Balaban J connectivity index is 2.21. The molecule has 1 aromatic carbocycles. The van der Waals surface area contributed by atoms with E-state index in [-0.39, 0.29) is 0 Å². The first kappa shape index (κ1) is 12.4. The first-order chi connectivity index (χ1) is 8.70. The minimum Gasteiger partial charge on any atom is -0.497 e. The molecule has 18 heavy (non-hydrogen) atoms. The van der Waals surface area contributed by atoms with Crippen LogP contribution < -0.4 is 15.8 Å². The quantitative estimate of drug-likeness (QED) is 0.869. The first-order valence-corrected chi connectivity index (χ1v) is 6.32. The average Bonchev–Trinajstić information content (AvgIpc) is 2.89. The van der Waals surface area contributed by atoms with Crippen LogP contribution in [0.1, 0.15) is 10.9 Å². The van der Waals surface area contributed by atoms with Crippen LogP contribution in [0.15, 0.2) is 41.8 Å². The molecule has 1 amide bonds. The fraction of sp³-hybridized carbons (Fsp3) is 0.154. The number of nitrogens with one attached hydrogen (secondary N) is 1. The second-order valence-electron chi connectivity index (χ2n) is 3.73. The van der Waals surface area contributed by atoms with Gasteiger partial charge >= 0.3 is 0 Å². The molecule has 2 rings (SSSR count). The molecule has 4 nitrogen and oxygen atoms in total. The molecule has 0 saturated carbocycles. The van der Waals surface area contributed by atoms with Crippen molar-refractivity contribution >= 4 is 22.9 Å². The fourth-order valence-electron chi connectivity index (χ4n) is 1.62. The molecule has 1 unspecified atom stereocenters. The number of ether oxygens (including phenoxy) is 1. The summed E-state index contributed by atoms with van der Waals surface area (Å²) >= 11 is 1.49. The molecule has 0 spiro atoms. The number of nitrogens with two attached hydrogens (primary N) is 1. The topological polar surface area (TPSA) is 64.3 Å². The van der Waals surface area contributed by atoms with E-state index in [2.05, 4.69) is 5.32 Å². The number of amides is 1. The van der Waals surface area contributed by atoms with Gasteiger partial charge in [-0.25, -0.2) is 0 Å². The van der Waals surface area contributed by atoms with Crippen LogP contribution in [0.25, 0.3) is 0 Å². The molecule has 0 aliphatic rings. The zero-order valence-electron chi connectivity index (χ0n) is 9.92. The smallest absolute Gasteiger partial charge is 0.245 e. The van der Waals surface area contributed by atoms with Crippen LogP contribution in [0.5, 0.6) is 5.75 Å². The molecule has 3 N–H and O–H groups in total. The van der Waals surface area contributed by atoms with Gasteiger partial charge in [-0.05, 0) is 23.6 Å². The standard InChI is InChI=1S/C13H14N2O2S/c1-17-10-5-2-4-9(8-10)15-12(13(14)16)11-6-3-7-18-11/h2-8,12,15H,1H3,(H2,14,16). The molecule has 0 bridgehead atoms. The van der Waals surface area contributed by atoms with E-state index in [1.54, 1.807) is 7.11 Å². The van der Waals surface area contributed by atoms with Crippen molar-refractivity contribution < 1.29 is 9.53 Å². The van der Waals surface area contributed by atoms with Crippen LogP contribution in [0.4, 0.5) is 5.69 Å². The van der Waals surface area contributed by atoms with Gasteiger partial charge in [0.25, 0.3) is 0 Å². The molecular weight excluding hydrogens is 248 g/mol. The highest BCUT2D eigenvalue weighted by Crippen LogP contribution is 2.25. The largest absolute Gasteiger partial charge is 0.497 e. The number of benzene rings is 1. The number of rotatable bonds is 5. The Labute approximate surface area is 109 Å². The van der Waals surface area contributed by atoms with Crippen LogP contribution in [0.2, 0.25) is 0 Å². The Morgan fingerprint density at radius 2 is 2.22 bits per heavy atom. The van der Waals surface area contributed by atoms with Crippen molar-refractivity contribution in [2.24, 2.45) is 5.73 Å². The van der Waals surface area contributed by atoms with E-state index in [4.69, 9.17) is 10.5 Å². The van der Waals surface area contributed by atoms with E-state index in [9.17, 15) is 4.79 Å². The predicted octanol–water partition coefficient (Wildman–Crippen LogP) is 2.40. The van der Waals surface area contributed by atoms with E-state index in [0.29, 0.717) is 0 Å². The van der Waals surface area contributed by atoms with Crippen molar-refractivity contribution in [1.29, 1.82) is 0 Å². The molecule has 0 aliphatic carbocycles. The highest BCUT2D eigenvalue weighted by atomic mass is 32.1. The number of anilines is 1. The molecule has 1 aromatic heterocycles. The lowest BCUT2D eigenvalue weighted by atomic mass is 10.2. The van der Waals surface area contributed by atoms with Gasteiger partial charge in [-0.1, -0.05) is 12.1 Å². The molecule has 0 radical (unpaired) electrons. The lowest BCUT2D eigenvalue weighted by Crippen LogP contribution is -2.26. The molecule has 1 atom stereocenters. The van der Waals surface area contributed by atoms with Gasteiger partial charge in [-0.15, -0.1) is 11.3 Å². The number of hydrogen-bond acceptors (Lipinski definition) is 4. The minimum absolute atomic E-state index is 0.403. The van der Waals surface area contributed by atoms with E-state index in [1.165, 1.54) is 11.3 Å². The van der Waals surface area contributed by atoms with Crippen molar-refractivity contribution in [1.82, 2.24) is 0 Å². The highest BCUT2D eigenvalue weighted by molar-refractivity contribution is 7.10. The summed E-state index contributed by atoms with van der Waals surface area (Å²) in [7, 11) is 1.60. The number of carbonyl (C=O) groups excluding carboxylic acids is 1. The van der Waals surface area contributed by atoms with Gasteiger partial charge < -0.3 is 15.8 Å². The van der Waals surface area contributed by atoms with Crippen LogP contribution >= 0.6 is 11.3 Å². The summed E-state index contributed by atoms with van der Waals surface area (Å²) in [5.74, 6) is 0.328. The first-order valence-electron chi connectivity index (χ1n) is 5.44. The van der Waals surface area contributed by atoms with Gasteiger partial charge in [0.1, 0.15) is 11.8 Å². The fourth-order valence-corrected chi connectivity index (χ4v) is 2.40. The van der Waals surface area contributed by atoms with Crippen LogP contribution in [0.3, 0.4) is 0 Å². The molecular formula is C13H14N2O2S. The maximum atomic E-state index is 11.5. The summed E-state index contributed by atoms with van der Waals surface area (Å²) in [6, 6.07) is 10.6. The zero-order valence-corrected chi connectivity index (χ0v) is 10.7.